The molecule has 0 aliphatic heterocycles. The molecule has 1 aromatic heterocycles. The zero-order chi connectivity index (χ0) is 6.69. The lowest BCUT2D eigenvalue weighted by Gasteiger charge is -1.99. The predicted octanol–water partition coefficient (Wildman–Crippen LogP) is 0.819. The summed E-state index contributed by atoms with van der Waals surface area (Å²) < 4.78 is 10.7. The maximum atomic E-state index is 10.7. The van der Waals surface area contributed by atoms with E-state index in [0.29, 0.717) is 5.03 Å². The Morgan fingerprint density at radius 2 is 2.33 bits per heavy atom. The van der Waals surface area contributed by atoms with Crippen LogP contribution in [0.3, 0.4) is 0 Å². The fourth-order valence-electron chi connectivity index (χ4n) is 0.517. The Hall–Kier alpha value is -0.540. The lowest BCUT2D eigenvalue weighted by atomic mass is 10.5. The Labute approximate surface area is 57.1 Å². The molecule has 0 aliphatic rings. The lowest BCUT2D eigenvalue weighted by molar-refractivity contribution is 0.597. The topological polar surface area (TPSA) is 36.0 Å². The third kappa shape index (κ3) is 1.69. The number of rotatable bonds is 1. The van der Waals surface area contributed by atoms with Crippen molar-refractivity contribution >= 4 is 11.2 Å². The van der Waals surface area contributed by atoms with Gasteiger partial charge in [-0.15, -0.1) is 0 Å². The van der Waals surface area contributed by atoms with E-state index in [4.69, 9.17) is 0 Å². The number of pyridine rings is 1. The largest absolute Gasteiger partial charge is 0.610 e. The van der Waals surface area contributed by atoms with E-state index in [2.05, 4.69) is 4.98 Å². The molecule has 0 amide bonds. The van der Waals surface area contributed by atoms with E-state index < -0.39 is 11.2 Å². The van der Waals surface area contributed by atoms with Crippen molar-refractivity contribution in [2.75, 3.05) is 6.26 Å². The van der Waals surface area contributed by atoms with Gasteiger partial charge in [-0.25, -0.2) is 4.98 Å². The first-order valence-corrected chi connectivity index (χ1v) is 4.11. The smallest absolute Gasteiger partial charge is 0.244 e. The second kappa shape index (κ2) is 2.85. The number of hydrogen-bond acceptors (Lipinski definition) is 2. The molecule has 9 heavy (non-hydrogen) atoms. The maximum absolute atomic E-state index is 10.7. The molecule has 48 valence electrons. The summed E-state index contributed by atoms with van der Waals surface area (Å²) in [6.45, 7) is 0. The molecule has 2 nitrogen and oxygen atoms in total. The predicted molar refractivity (Wildman–Crippen MR) is 36.6 cm³/mol. The van der Waals surface area contributed by atoms with Gasteiger partial charge in [-0.3, -0.25) is 0 Å². The summed E-state index contributed by atoms with van der Waals surface area (Å²) in [5.74, 6) is 0. The molecule has 0 radical (unpaired) electrons. The van der Waals surface area contributed by atoms with Gasteiger partial charge in [-0.05, 0) is 6.07 Å². The van der Waals surface area contributed by atoms with Crippen molar-refractivity contribution in [2.24, 2.45) is 0 Å². The van der Waals surface area contributed by atoms with Crippen LogP contribution < -0.4 is 0 Å². The minimum Gasteiger partial charge on any atom is -0.610 e. The lowest BCUT2D eigenvalue weighted by Crippen LogP contribution is -1.98. The third-order valence-electron chi connectivity index (χ3n) is 0.932. The Bertz CT molecular complexity index is 176. The summed E-state index contributed by atoms with van der Waals surface area (Å²) in [5, 5.41) is 0.637. The van der Waals surface area contributed by atoms with Gasteiger partial charge in [0, 0.05) is 23.4 Å². The first-order chi connectivity index (χ1) is 4.30. The van der Waals surface area contributed by atoms with Crippen LogP contribution in [-0.2, 0) is 11.2 Å². The highest BCUT2D eigenvalue weighted by atomic mass is 32.2. The molecule has 1 rings (SSSR count). The van der Waals surface area contributed by atoms with Gasteiger partial charge < -0.3 is 4.55 Å². The molecular weight excluding hydrogens is 134 g/mol. The Balaban J connectivity index is 2.85. The average Bonchev–Trinajstić information content (AvgIpc) is 1.90. The van der Waals surface area contributed by atoms with Crippen LogP contribution in [0.5, 0.6) is 0 Å². The maximum Gasteiger partial charge on any atom is 0.244 e. The molecular formula is C6H7NOS. The molecule has 0 fully saturated rings. The van der Waals surface area contributed by atoms with Crippen molar-refractivity contribution < 1.29 is 4.55 Å². The monoisotopic (exact) mass is 141 g/mol. The van der Waals surface area contributed by atoms with Gasteiger partial charge in [-0.1, -0.05) is 6.07 Å². The molecule has 0 spiro atoms. The van der Waals surface area contributed by atoms with Crippen LogP contribution in [0, 0.1) is 0 Å². The van der Waals surface area contributed by atoms with Gasteiger partial charge in [0.05, 0.1) is 0 Å². The van der Waals surface area contributed by atoms with Crippen molar-refractivity contribution in [3.05, 3.63) is 24.4 Å². The quantitative estimate of drug-likeness (QED) is 0.543. The Kier molecular flexibility index (Phi) is 2.08. The van der Waals surface area contributed by atoms with Gasteiger partial charge >= 0.3 is 0 Å². The zero-order valence-electron chi connectivity index (χ0n) is 5.07. The standard InChI is InChI=1S/C6H7NOS/c1-9(8)6-4-2-3-5-7-6/h2-5H,1H3. The van der Waals surface area contributed by atoms with Gasteiger partial charge in [0.25, 0.3) is 0 Å². The fourth-order valence-corrected chi connectivity index (χ4v) is 0.997. The Morgan fingerprint density at radius 1 is 1.56 bits per heavy atom. The highest BCUT2D eigenvalue weighted by Gasteiger charge is 2.00. The van der Waals surface area contributed by atoms with E-state index in [-0.39, 0.29) is 0 Å². The second-order valence-electron chi connectivity index (χ2n) is 1.62. The molecule has 1 heterocycles. The zero-order valence-corrected chi connectivity index (χ0v) is 5.89. The van der Waals surface area contributed by atoms with E-state index in [9.17, 15) is 4.55 Å². The molecule has 0 saturated carbocycles. The first-order valence-electron chi connectivity index (χ1n) is 2.55. The molecule has 1 aromatic rings. The van der Waals surface area contributed by atoms with Gasteiger partial charge in [0.15, 0.2) is 0 Å². The second-order valence-corrected chi connectivity index (χ2v) is 2.95. The van der Waals surface area contributed by atoms with Crippen LogP contribution in [0.2, 0.25) is 0 Å². The average molecular weight is 141 g/mol. The SMILES string of the molecule is C[S+]([O-])c1ccccn1. The normalized spacial score (nSPS) is 13.1. The minimum atomic E-state index is -0.940. The van der Waals surface area contributed by atoms with Crippen LogP contribution in [0.25, 0.3) is 0 Å². The van der Waals surface area contributed by atoms with E-state index in [1.54, 1.807) is 24.6 Å². The van der Waals surface area contributed by atoms with Crippen molar-refractivity contribution in [1.29, 1.82) is 0 Å². The van der Waals surface area contributed by atoms with Crippen LogP contribution in [-0.4, -0.2) is 15.8 Å². The van der Waals surface area contributed by atoms with Crippen LogP contribution in [0.1, 0.15) is 0 Å². The van der Waals surface area contributed by atoms with Crippen LogP contribution in [0.4, 0.5) is 0 Å². The summed E-state index contributed by atoms with van der Waals surface area (Å²) in [7, 11) is 0. The third-order valence-corrected chi connectivity index (χ3v) is 1.76. The summed E-state index contributed by atoms with van der Waals surface area (Å²) in [4.78, 5) is 3.88. The minimum absolute atomic E-state index is 0.637. The number of aromatic nitrogens is 1. The van der Waals surface area contributed by atoms with Gasteiger partial charge in [-0.2, -0.15) is 0 Å². The number of nitrogens with zero attached hydrogens (tertiary/aromatic N) is 1. The molecule has 0 aliphatic carbocycles. The van der Waals surface area contributed by atoms with Gasteiger partial charge in [0.1, 0.15) is 6.26 Å². The highest BCUT2D eigenvalue weighted by Crippen LogP contribution is 2.00. The van der Waals surface area contributed by atoms with E-state index in [1.165, 1.54) is 0 Å². The molecule has 1 unspecified atom stereocenters. The van der Waals surface area contributed by atoms with Crippen molar-refractivity contribution in [1.82, 2.24) is 4.98 Å². The number of hydrogen-bond donors (Lipinski definition) is 0. The Morgan fingerprint density at radius 3 is 2.67 bits per heavy atom. The van der Waals surface area contributed by atoms with Crippen molar-refractivity contribution in [3.8, 4) is 0 Å². The molecule has 0 saturated heterocycles. The molecule has 0 aromatic carbocycles. The van der Waals surface area contributed by atoms with E-state index in [1.807, 2.05) is 6.07 Å². The molecule has 0 bridgehead atoms. The summed E-state index contributed by atoms with van der Waals surface area (Å²) >= 11 is -0.940. The summed E-state index contributed by atoms with van der Waals surface area (Å²) in [6, 6.07) is 5.37. The van der Waals surface area contributed by atoms with E-state index in [0.717, 1.165) is 0 Å². The summed E-state index contributed by atoms with van der Waals surface area (Å²) in [6.07, 6.45) is 3.25. The van der Waals surface area contributed by atoms with Crippen molar-refractivity contribution in [3.63, 3.8) is 0 Å². The molecule has 1 atom stereocenters. The first kappa shape index (κ1) is 6.58. The molecule has 3 heteroatoms. The summed E-state index contributed by atoms with van der Waals surface area (Å²) in [5.41, 5.74) is 0. The fraction of sp³-hybridized carbons (Fsp3) is 0.167. The van der Waals surface area contributed by atoms with Crippen LogP contribution >= 0.6 is 0 Å². The highest BCUT2D eigenvalue weighted by molar-refractivity contribution is 7.90. The van der Waals surface area contributed by atoms with Gasteiger partial charge in [0.2, 0.25) is 5.03 Å². The van der Waals surface area contributed by atoms with Crippen molar-refractivity contribution in [2.45, 2.75) is 5.03 Å². The van der Waals surface area contributed by atoms with Crippen LogP contribution in [0.15, 0.2) is 29.4 Å². The van der Waals surface area contributed by atoms with E-state index >= 15 is 0 Å². The molecule has 0 N–H and O–H groups in total.